The first-order valence-corrected chi connectivity index (χ1v) is 5.27. The molecular formula is C12H17NO3. The summed E-state index contributed by atoms with van der Waals surface area (Å²) >= 11 is 0. The van der Waals surface area contributed by atoms with E-state index in [-0.39, 0.29) is 23.3 Å². The maximum atomic E-state index is 11.7. The van der Waals surface area contributed by atoms with Gasteiger partial charge in [0.1, 0.15) is 5.75 Å². The molecule has 0 fully saturated rings. The van der Waals surface area contributed by atoms with Gasteiger partial charge in [-0.2, -0.15) is 0 Å². The van der Waals surface area contributed by atoms with E-state index in [0.29, 0.717) is 6.42 Å². The van der Waals surface area contributed by atoms with Crippen molar-refractivity contribution in [3.8, 4) is 5.75 Å². The van der Waals surface area contributed by atoms with Crippen molar-refractivity contribution in [2.45, 2.75) is 32.4 Å². The fourth-order valence-electron chi connectivity index (χ4n) is 1.54. The van der Waals surface area contributed by atoms with Crippen LogP contribution in [0.1, 0.15) is 30.6 Å². The number of aromatic hydroxyl groups is 1. The van der Waals surface area contributed by atoms with Gasteiger partial charge in [0, 0.05) is 6.04 Å². The van der Waals surface area contributed by atoms with Crippen molar-refractivity contribution >= 4 is 5.91 Å². The molecule has 1 aromatic rings. The van der Waals surface area contributed by atoms with E-state index in [1.54, 1.807) is 25.1 Å². The highest BCUT2D eigenvalue weighted by Gasteiger charge is 2.13. The zero-order valence-corrected chi connectivity index (χ0v) is 9.47. The van der Waals surface area contributed by atoms with E-state index in [9.17, 15) is 9.90 Å². The predicted octanol–water partition coefficient (Wildman–Crippen LogP) is 1.28. The third-order valence-electron chi connectivity index (χ3n) is 2.22. The molecule has 0 bridgehead atoms. The Hall–Kier alpha value is -1.55. The van der Waals surface area contributed by atoms with Crippen LogP contribution >= 0.6 is 0 Å². The lowest BCUT2D eigenvalue weighted by Gasteiger charge is -2.15. The fraction of sp³-hybridized carbons (Fsp3) is 0.417. The molecule has 0 aromatic heterocycles. The van der Waals surface area contributed by atoms with E-state index < -0.39 is 6.10 Å². The Morgan fingerprint density at radius 2 is 2.00 bits per heavy atom. The van der Waals surface area contributed by atoms with Crippen LogP contribution in [-0.4, -0.2) is 28.3 Å². The number of hydrogen-bond donors (Lipinski definition) is 3. The molecule has 2 unspecified atom stereocenters. The van der Waals surface area contributed by atoms with Gasteiger partial charge in [-0.05, 0) is 32.4 Å². The van der Waals surface area contributed by atoms with Crippen molar-refractivity contribution in [3.05, 3.63) is 29.8 Å². The standard InChI is InChI=1S/C12H17NO3/c1-8(7-9(2)14)13-12(16)10-5-3-4-6-11(10)15/h3-6,8-9,14-15H,7H2,1-2H3,(H,13,16). The van der Waals surface area contributed by atoms with Crippen molar-refractivity contribution in [2.24, 2.45) is 0 Å². The summed E-state index contributed by atoms with van der Waals surface area (Å²) in [5, 5.41) is 21.3. The molecule has 4 heteroatoms. The molecule has 0 aliphatic rings. The normalized spacial score (nSPS) is 14.2. The van der Waals surface area contributed by atoms with Crippen molar-refractivity contribution in [2.75, 3.05) is 0 Å². The molecule has 4 nitrogen and oxygen atoms in total. The van der Waals surface area contributed by atoms with Crippen LogP contribution in [-0.2, 0) is 0 Å². The molecule has 0 heterocycles. The van der Waals surface area contributed by atoms with Crippen LogP contribution in [0, 0.1) is 0 Å². The maximum Gasteiger partial charge on any atom is 0.255 e. The van der Waals surface area contributed by atoms with Crippen molar-refractivity contribution in [1.82, 2.24) is 5.32 Å². The van der Waals surface area contributed by atoms with Gasteiger partial charge in [-0.25, -0.2) is 0 Å². The van der Waals surface area contributed by atoms with Crippen LogP contribution in [0.2, 0.25) is 0 Å². The highest BCUT2D eigenvalue weighted by atomic mass is 16.3. The SMILES string of the molecule is CC(O)CC(C)NC(=O)c1ccccc1O. The quantitative estimate of drug-likeness (QED) is 0.720. The summed E-state index contributed by atoms with van der Waals surface area (Å²) in [4.78, 5) is 11.7. The zero-order valence-electron chi connectivity index (χ0n) is 9.47. The van der Waals surface area contributed by atoms with E-state index in [2.05, 4.69) is 5.32 Å². The number of aliphatic hydroxyl groups is 1. The van der Waals surface area contributed by atoms with Gasteiger partial charge < -0.3 is 15.5 Å². The minimum atomic E-state index is -0.459. The first-order chi connectivity index (χ1) is 7.50. The number of hydrogen-bond acceptors (Lipinski definition) is 3. The second kappa shape index (κ2) is 5.51. The lowest BCUT2D eigenvalue weighted by Crippen LogP contribution is -2.34. The van der Waals surface area contributed by atoms with Gasteiger partial charge in [0.25, 0.3) is 5.91 Å². The zero-order chi connectivity index (χ0) is 12.1. The van der Waals surface area contributed by atoms with Crippen LogP contribution in [0.15, 0.2) is 24.3 Å². The second-order valence-corrected chi connectivity index (χ2v) is 3.98. The van der Waals surface area contributed by atoms with Gasteiger partial charge in [0.05, 0.1) is 11.7 Å². The van der Waals surface area contributed by atoms with Crippen molar-refractivity contribution < 1.29 is 15.0 Å². The average molecular weight is 223 g/mol. The molecule has 0 radical (unpaired) electrons. The first-order valence-electron chi connectivity index (χ1n) is 5.27. The maximum absolute atomic E-state index is 11.7. The second-order valence-electron chi connectivity index (χ2n) is 3.98. The Bertz CT molecular complexity index is 363. The molecule has 0 saturated carbocycles. The lowest BCUT2D eigenvalue weighted by atomic mass is 10.1. The molecule has 88 valence electrons. The van der Waals surface area contributed by atoms with Crippen molar-refractivity contribution in [3.63, 3.8) is 0 Å². The monoisotopic (exact) mass is 223 g/mol. The Morgan fingerprint density at radius 3 is 2.56 bits per heavy atom. The molecule has 0 aliphatic heterocycles. The number of amides is 1. The smallest absolute Gasteiger partial charge is 0.255 e. The first kappa shape index (κ1) is 12.5. The summed E-state index contributed by atoms with van der Waals surface area (Å²) in [5.74, 6) is -0.365. The fourth-order valence-corrected chi connectivity index (χ4v) is 1.54. The molecule has 2 atom stereocenters. The summed E-state index contributed by atoms with van der Waals surface area (Å²) in [5.41, 5.74) is 0.250. The average Bonchev–Trinajstić information content (AvgIpc) is 2.16. The van der Waals surface area contributed by atoms with Crippen LogP contribution in [0.3, 0.4) is 0 Å². The lowest BCUT2D eigenvalue weighted by molar-refractivity contribution is 0.0920. The molecule has 3 N–H and O–H groups in total. The Morgan fingerprint density at radius 1 is 1.38 bits per heavy atom. The number of carbonyl (C=O) groups is 1. The minimum absolute atomic E-state index is 0.0377. The molecule has 1 aromatic carbocycles. The Kier molecular flexibility index (Phi) is 4.31. The number of phenolic OH excluding ortho intramolecular Hbond substituents is 1. The highest BCUT2D eigenvalue weighted by Crippen LogP contribution is 2.15. The summed E-state index contributed by atoms with van der Waals surface area (Å²) in [6.07, 6.45) is 0.0268. The van der Waals surface area contributed by atoms with Crippen molar-refractivity contribution in [1.29, 1.82) is 0 Å². The van der Waals surface area contributed by atoms with Crippen LogP contribution in [0.25, 0.3) is 0 Å². The Labute approximate surface area is 94.9 Å². The molecular weight excluding hydrogens is 206 g/mol. The third kappa shape index (κ3) is 3.55. The highest BCUT2D eigenvalue weighted by molar-refractivity contribution is 5.96. The number of carbonyl (C=O) groups excluding carboxylic acids is 1. The number of para-hydroxylation sites is 1. The minimum Gasteiger partial charge on any atom is -0.507 e. The number of nitrogens with one attached hydrogen (secondary N) is 1. The molecule has 0 saturated heterocycles. The van der Waals surface area contributed by atoms with Gasteiger partial charge in [0.15, 0.2) is 0 Å². The van der Waals surface area contributed by atoms with Gasteiger partial charge in [-0.3, -0.25) is 4.79 Å². The molecule has 16 heavy (non-hydrogen) atoms. The molecule has 1 amide bonds. The predicted molar refractivity (Wildman–Crippen MR) is 61.3 cm³/mol. The number of rotatable bonds is 4. The van der Waals surface area contributed by atoms with E-state index in [4.69, 9.17) is 5.11 Å². The topological polar surface area (TPSA) is 69.6 Å². The number of phenols is 1. The van der Waals surface area contributed by atoms with Gasteiger partial charge in [-0.15, -0.1) is 0 Å². The summed E-state index contributed by atoms with van der Waals surface area (Å²) < 4.78 is 0. The van der Waals surface area contributed by atoms with E-state index in [0.717, 1.165) is 0 Å². The van der Waals surface area contributed by atoms with Gasteiger partial charge in [-0.1, -0.05) is 12.1 Å². The largest absolute Gasteiger partial charge is 0.507 e. The Balaban J connectivity index is 2.63. The molecule has 1 rings (SSSR count). The number of aliphatic hydroxyl groups excluding tert-OH is 1. The van der Waals surface area contributed by atoms with Crippen LogP contribution < -0.4 is 5.32 Å². The van der Waals surface area contributed by atoms with E-state index in [1.807, 2.05) is 6.92 Å². The molecule has 0 spiro atoms. The van der Waals surface area contributed by atoms with E-state index >= 15 is 0 Å². The molecule has 0 aliphatic carbocycles. The summed E-state index contributed by atoms with van der Waals surface area (Å²) in [6.45, 7) is 3.48. The summed E-state index contributed by atoms with van der Waals surface area (Å²) in [6, 6.07) is 6.24. The summed E-state index contributed by atoms with van der Waals surface area (Å²) in [7, 11) is 0. The van der Waals surface area contributed by atoms with Gasteiger partial charge in [0.2, 0.25) is 0 Å². The third-order valence-corrected chi connectivity index (χ3v) is 2.22. The van der Waals surface area contributed by atoms with E-state index in [1.165, 1.54) is 6.07 Å². The van der Waals surface area contributed by atoms with Gasteiger partial charge >= 0.3 is 0 Å². The van der Waals surface area contributed by atoms with Crippen LogP contribution in [0.5, 0.6) is 5.75 Å². The van der Waals surface area contributed by atoms with Crippen LogP contribution in [0.4, 0.5) is 0 Å². The number of benzene rings is 1.